The average molecular weight is 825 g/mol. The van der Waals surface area contributed by atoms with Gasteiger partial charge in [-0.15, -0.1) is 0 Å². The second-order valence-electron chi connectivity index (χ2n) is 14.2. The van der Waals surface area contributed by atoms with E-state index < -0.39 is 56.0 Å². The fraction of sp³-hybridized carbons (Fsp3) is 0.286. The predicted molar refractivity (Wildman–Crippen MR) is 220 cm³/mol. The summed E-state index contributed by atoms with van der Waals surface area (Å²) in [5.74, 6) is 4.40. The Hall–Kier alpha value is -5.86. The molecular weight excluding hydrogens is 781 g/mol. The number of sulfonamides is 2. The molecule has 4 amide bonds. The molecule has 2 saturated heterocycles. The lowest BCUT2D eigenvalue weighted by molar-refractivity contribution is -0.138. The Morgan fingerprint density at radius 3 is 1.22 bits per heavy atom. The van der Waals surface area contributed by atoms with Gasteiger partial charge in [-0.3, -0.25) is 19.2 Å². The summed E-state index contributed by atoms with van der Waals surface area (Å²) in [4.78, 5) is 56.9. The molecule has 16 heteroatoms. The van der Waals surface area contributed by atoms with Crippen molar-refractivity contribution in [2.24, 2.45) is 0 Å². The zero-order valence-electron chi connectivity index (χ0n) is 31.9. The molecule has 0 saturated carbocycles. The molecule has 0 aliphatic carbocycles. The molecule has 6 rings (SSSR count). The maximum Gasteiger partial charge on any atom is 0.247 e. The van der Waals surface area contributed by atoms with Gasteiger partial charge < -0.3 is 20.4 Å². The Kier molecular flexibility index (Phi) is 13.1. The van der Waals surface area contributed by atoms with Gasteiger partial charge in [-0.2, -0.15) is 9.44 Å². The Bertz CT molecular complexity index is 2250. The summed E-state index contributed by atoms with van der Waals surface area (Å²) in [5.41, 5.74) is 3.32. The fourth-order valence-corrected chi connectivity index (χ4v) is 8.38. The first kappa shape index (κ1) is 41.8. The number of amides is 4. The van der Waals surface area contributed by atoms with E-state index in [0.29, 0.717) is 72.4 Å². The van der Waals surface area contributed by atoms with Crippen LogP contribution in [0.2, 0.25) is 0 Å². The van der Waals surface area contributed by atoms with Gasteiger partial charge in [0.1, 0.15) is 24.2 Å². The van der Waals surface area contributed by atoms with Crippen molar-refractivity contribution < 1.29 is 36.0 Å². The molecule has 2 aliphatic rings. The molecule has 58 heavy (non-hydrogen) atoms. The standard InChI is InChI=1S/C42H44N6O8S2/c1-57(53,54)45-37(31-11-5-3-6-12-31)41(51)47-27-9-15-35(47)39(49)43-33-23-19-29(20-24-33)17-18-30-21-25-34(26-22-30)44-40(50)36-16-10-28-48(36)42(52)38(46-58(2,55)56)32-13-7-4-8-14-32/h3-8,11-14,19-26,35-38,45-46H,9-10,15-16,27-28H2,1-2H3,(H,43,49)(H,44,50)/t35-,36-,37+,38+/m0/s1. The van der Waals surface area contributed by atoms with Crippen molar-refractivity contribution in [1.29, 1.82) is 0 Å². The molecule has 0 unspecified atom stereocenters. The summed E-state index contributed by atoms with van der Waals surface area (Å²) in [6.07, 6.45) is 4.03. The highest BCUT2D eigenvalue weighted by atomic mass is 32.2. The summed E-state index contributed by atoms with van der Waals surface area (Å²) >= 11 is 0. The van der Waals surface area contributed by atoms with Gasteiger partial charge >= 0.3 is 0 Å². The first-order chi connectivity index (χ1) is 27.6. The summed E-state index contributed by atoms with van der Waals surface area (Å²) in [6, 6.07) is 27.0. The Morgan fingerprint density at radius 2 is 0.897 bits per heavy atom. The highest BCUT2D eigenvalue weighted by Gasteiger charge is 2.40. The minimum atomic E-state index is -3.74. The molecule has 4 aromatic rings. The number of hydrogen-bond donors (Lipinski definition) is 4. The molecule has 0 aromatic heterocycles. The van der Waals surface area contributed by atoms with Gasteiger partial charge in [0, 0.05) is 35.6 Å². The van der Waals surface area contributed by atoms with Crippen molar-refractivity contribution in [2.75, 3.05) is 36.2 Å². The average Bonchev–Trinajstić information content (AvgIpc) is 3.90. The summed E-state index contributed by atoms with van der Waals surface area (Å²) in [5, 5.41) is 5.73. The van der Waals surface area contributed by atoms with Crippen LogP contribution in [0.1, 0.15) is 60.0 Å². The highest BCUT2D eigenvalue weighted by molar-refractivity contribution is 7.89. The van der Waals surface area contributed by atoms with Gasteiger partial charge in [0.15, 0.2) is 0 Å². The smallest absolute Gasteiger partial charge is 0.247 e. The molecule has 0 radical (unpaired) electrons. The number of likely N-dealkylation sites (tertiary alicyclic amines) is 2. The number of benzene rings is 4. The minimum absolute atomic E-state index is 0.316. The van der Waals surface area contributed by atoms with E-state index in [9.17, 15) is 36.0 Å². The number of rotatable bonds is 12. The van der Waals surface area contributed by atoms with Gasteiger partial charge in [0.25, 0.3) is 0 Å². The maximum atomic E-state index is 13.6. The van der Waals surface area contributed by atoms with Crippen molar-refractivity contribution in [3.63, 3.8) is 0 Å². The van der Waals surface area contributed by atoms with Crippen LogP contribution in [0.5, 0.6) is 0 Å². The third-order valence-electron chi connectivity index (χ3n) is 9.76. The number of hydrogen-bond acceptors (Lipinski definition) is 8. The van der Waals surface area contributed by atoms with Crippen molar-refractivity contribution >= 4 is 55.1 Å². The molecular formula is C42H44N6O8S2. The Morgan fingerprint density at radius 1 is 0.552 bits per heavy atom. The molecule has 14 nitrogen and oxygen atoms in total. The molecule has 4 atom stereocenters. The van der Waals surface area contributed by atoms with Crippen molar-refractivity contribution in [2.45, 2.75) is 49.9 Å². The van der Waals surface area contributed by atoms with Crippen LogP contribution in [0.15, 0.2) is 109 Å². The molecule has 2 fully saturated rings. The topological polar surface area (TPSA) is 191 Å². The summed E-state index contributed by atoms with van der Waals surface area (Å²) in [6.45, 7) is 0.631. The normalized spacial score (nSPS) is 17.8. The fourth-order valence-electron chi connectivity index (χ4n) is 7.05. The van der Waals surface area contributed by atoms with Crippen LogP contribution >= 0.6 is 0 Å². The van der Waals surface area contributed by atoms with E-state index in [4.69, 9.17) is 0 Å². The van der Waals surface area contributed by atoms with Crippen molar-refractivity contribution in [3.8, 4) is 11.8 Å². The Balaban J connectivity index is 1.04. The monoisotopic (exact) mass is 824 g/mol. The lowest BCUT2D eigenvalue weighted by Crippen LogP contribution is -2.48. The number of nitrogens with zero attached hydrogens (tertiary/aromatic N) is 2. The van der Waals surface area contributed by atoms with E-state index in [1.807, 2.05) is 0 Å². The van der Waals surface area contributed by atoms with Crippen LogP contribution in [0.3, 0.4) is 0 Å². The zero-order valence-corrected chi connectivity index (χ0v) is 33.6. The third-order valence-corrected chi connectivity index (χ3v) is 11.1. The van der Waals surface area contributed by atoms with Crippen molar-refractivity contribution in [3.05, 3.63) is 131 Å². The lowest BCUT2D eigenvalue weighted by atomic mass is 10.1. The second-order valence-corrected chi connectivity index (χ2v) is 17.8. The Labute approximate surface area is 338 Å². The van der Waals surface area contributed by atoms with Gasteiger partial charge in [-0.05, 0) is 85.3 Å². The van der Waals surface area contributed by atoms with E-state index in [0.717, 1.165) is 12.5 Å². The second kappa shape index (κ2) is 18.2. The van der Waals surface area contributed by atoms with Crippen LogP contribution in [0, 0.1) is 11.8 Å². The van der Waals surface area contributed by atoms with Crippen LogP contribution < -0.4 is 20.1 Å². The van der Waals surface area contributed by atoms with Gasteiger partial charge in [0.05, 0.1) is 12.5 Å². The van der Waals surface area contributed by atoms with E-state index in [-0.39, 0.29) is 11.8 Å². The zero-order chi connectivity index (χ0) is 41.5. The molecule has 0 bridgehead atoms. The van der Waals surface area contributed by atoms with E-state index in [2.05, 4.69) is 31.9 Å². The first-order valence-corrected chi connectivity index (χ1v) is 22.4. The highest BCUT2D eigenvalue weighted by Crippen LogP contribution is 2.27. The van der Waals surface area contributed by atoms with Gasteiger partial charge in [-0.1, -0.05) is 72.5 Å². The molecule has 0 spiro atoms. The third kappa shape index (κ3) is 11.0. The van der Waals surface area contributed by atoms with Crippen LogP contribution in [0.4, 0.5) is 11.4 Å². The largest absolute Gasteiger partial charge is 0.329 e. The summed E-state index contributed by atoms with van der Waals surface area (Å²) in [7, 11) is -7.47. The van der Waals surface area contributed by atoms with Gasteiger partial charge in [0.2, 0.25) is 43.7 Å². The lowest BCUT2D eigenvalue weighted by Gasteiger charge is -2.28. The molecule has 302 valence electrons. The maximum absolute atomic E-state index is 13.6. The first-order valence-electron chi connectivity index (χ1n) is 18.6. The van der Waals surface area contributed by atoms with Gasteiger partial charge in [-0.25, -0.2) is 16.8 Å². The number of carbonyl (C=O) groups is 4. The molecule has 4 aromatic carbocycles. The molecule has 4 N–H and O–H groups in total. The summed E-state index contributed by atoms with van der Waals surface area (Å²) < 4.78 is 53.4. The number of anilines is 2. The SMILES string of the molecule is CS(=O)(=O)N[C@@H](C(=O)N1CCC[C@H]1C(=O)Nc1ccc(C#Cc2ccc(NC(=O)[C@@H]3CCCN3C(=O)[C@H](NS(C)(=O)=O)c3ccccc3)cc2)cc1)c1ccccc1. The number of nitrogens with one attached hydrogen (secondary N) is 4. The van der Waals surface area contributed by atoms with Crippen LogP contribution in [-0.2, 0) is 39.2 Å². The number of carbonyl (C=O) groups excluding carboxylic acids is 4. The van der Waals surface area contributed by atoms with E-state index in [1.54, 1.807) is 109 Å². The van der Waals surface area contributed by atoms with Crippen LogP contribution in [-0.4, -0.2) is 87.9 Å². The van der Waals surface area contributed by atoms with E-state index >= 15 is 0 Å². The minimum Gasteiger partial charge on any atom is -0.329 e. The quantitative estimate of drug-likeness (QED) is 0.156. The van der Waals surface area contributed by atoms with Crippen molar-refractivity contribution in [1.82, 2.24) is 19.2 Å². The van der Waals surface area contributed by atoms with E-state index in [1.165, 1.54) is 9.80 Å². The van der Waals surface area contributed by atoms with Crippen LogP contribution in [0.25, 0.3) is 0 Å². The molecule has 2 aliphatic heterocycles. The molecule has 2 heterocycles. The predicted octanol–water partition coefficient (Wildman–Crippen LogP) is 3.53.